The molecule has 0 amide bonds. The fourth-order valence-electron chi connectivity index (χ4n) is 4.08. The molecule has 34 heavy (non-hydrogen) atoms. The van der Waals surface area contributed by atoms with Gasteiger partial charge in [0.15, 0.2) is 0 Å². The first-order valence-corrected chi connectivity index (χ1v) is 13.2. The number of hydrazone groups is 1. The second-order valence-corrected chi connectivity index (χ2v) is 10.2. The first-order valence-electron chi connectivity index (χ1n) is 11.7. The minimum absolute atomic E-state index is 0.113. The van der Waals surface area contributed by atoms with Crippen LogP contribution in [0.2, 0.25) is 0 Å². The quantitative estimate of drug-likeness (QED) is 0.308. The van der Waals surface area contributed by atoms with Gasteiger partial charge in [0.25, 0.3) is 5.69 Å². The molecule has 1 N–H and O–H groups in total. The lowest BCUT2D eigenvalue weighted by molar-refractivity contribution is -0.384. The van der Waals surface area contributed by atoms with Crippen LogP contribution in [0.25, 0.3) is 0 Å². The number of hydrogen-bond donors (Lipinski definition) is 1. The largest absolute Gasteiger partial charge is 0.372 e. The number of nitro benzene ring substituents is 1. The highest BCUT2D eigenvalue weighted by molar-refractivity contribution is 7.89. The first kappa shape index (κ1) is 25.6. The molecular formula is C24H33N5O4S. The molecule has 184 valence electrons. The monoisotopic (exact) mass is 487 g/mol. The van der Waals surface area contributed by atoms with Gasteiger partial charge in [0.2, 0.25) is 10.0 Å². The summed E-state index contributed by atoms with van der Waals surface area (Å²) in [4.78, 5) is 13.3. The van der Waals surface area contributed by atoms with Crippen molar-refractivity contribution in [2.45, 2.75) is 51.3 Å². The number of anilines is 2. The van der Waals surface area contributed by atoms with Crippen molar-refractivity contribution in [2.75, 3.05) is 36.5 Å². The standard InChI is InChI=1S/C24H33N5O4S/c1-4-28(5-2)34(32,33)22-14-15-23(24(18-22)29(30)31)26-25-19(3)20-10-12-21(13-11-20)27-16-8-6-7-9-17-27/h10-15,18,26H,4-9,16-17H2,1-3H3. The van der Waals surface area contributed by atoms with Crippen molar-refractivity contribution in [1.29, 1.82) is 0 Å². The lowest BCUT2D eigenvalue weighted by Gasteiger charge is -2.22. The Bertz CT molecular complexity index is 1120. The van der Waals surface area contributed by atoms with Crippen LogP contribution in [0.15, 0.2) is 52.5 Å². The smallest absolute Gasteiger partial charge is 0.295 e. The Balaban J connectivity index is 1.79. The predicted molar refractivity (Wildman–Crippen MR) is 136 cm³/mol. The molecule has 0 saturated carbocycles. The lowest BCUT2D eigenvalue weighted by atomic mass is 10.1. The van der Waals surface area contributed by atoms with Gasteiger partial charge >= 0.3 is 0 Å². The fourth-order valence-corrected chi connectivity index (χ4v) is 5.56. The minimum atomic E-state index is -3.80. The van der Waals surface area contributed by atoms with E-state index < -0.39 is 14.9 Å². The molecule has 1 aliphatic rings. The van der Waals surface area contributed by atoms with Gasteiger partial charge in [-0.25, -0.2) is 8.42 Å². The van der Waals surface area contributed by atoms with Gasteiger partial charge in [-0.1, -0.05) is 38.8 Å². The van der Waals surface area contributed by atoms with Gasteiger partial charge in [0.1, 0.15) is 5.69 Å². The molecule has 0 aliphatic carbocycles. The van der Waals surface area contributed by atoms with Crippen LogP contribution in [-0.4, -0.2) is 49.5 Å². The molecular weight excluding hydrogens is 454 g/mol. The molecule has 0 bridgehead atoms. The highest BCUT2D eigenvalue weighted by Gasteiger charge is 2.25. The Morgan fingerprint density at radius 3 is 2.24 bits per heavy atom. The summed E-state index contributed by atoms with van der Waals surface area (Å²) in [5.74, 6) is 0. The van der Waals surface area contributed by atoms with E-state index in [1.807, 2.05) is 19.1 Å². The number of nitrogens with one attached hydrogen (secondary N) is 1. The summed E-state index contributed by atoms with van der Waals surface area (Å²) in [6.45, 7) is 7.97. The summed E-state index contributed by atoms with van der Waals surface area (Å²) in [6.07, 6.45) is 4.97. The van der Waals surface area contributed by atoms with E-state index in [4.69, 9.17) is 0 Å². The van der Waals surface area contributed by atoms with Crippen LogP contribution in [0.3, 0.4) is 0 Å². The molecule has 0 aromatic heterocycles. The second-order valence-electron chi connectivity index (χ2n) is 8.28. The normalized spacial score (nSPS) is 15.3. The molecule has 9 nitrogen and oxygen atoms in total. The number of sulfonamides is 1. The van der Waals surface area contributed by atoms with Crippen molar-refractivity contribution in [3.63, 3.8) is 0 Å². The third-order valence-electron chi connectivity index (χ3n) is 6.11. The SMILES string of the molecule is CCN(CC)S(=O)(=O)c1ccc(NN=C(C)c2ccc(N3CCCCCC3)cc2)c([N+](=O)[O-])c1. The molecule has 0 unspecified atom stereocenters. The van der Waals surface area contributed by atoms with E-state index in [1.165, 1.54) is 47.8 Å². The zero-order chi connectivity index (χ0) is 24.7. The van der Waals surface area contributed by atoms with Crippen molar-refractivity contribution in [1.82, 2.24) is 4.31 Å². The highest BCUT2D eigenvalue weighted by atomic mass is 32.2. The average molecular weight is 488 g/mol. The van der Waals surface area contributed by atoms with E-state index in [0.717, 1.165) is 24.7 Å². The Kier molecular flexibility index (Phi) is 8.62. The zero-order valence-corrected chi connectivity index (χ0v) is 20.8. The number of nitrogens with zero attached hydrogens (tertiary/aromatic N) is 4. The summed E-state index contributed by atoms with van der Waals surface area (Å²) in [5.41, 5.74) is 5.27. The van der Waals surface area contributed by atoms with E-state index in [0.29, 0.717) is 5.71 Å². The lowest BCUT2D eigenvalue weighted by Crippen LogP contribution is -2.30. The van der Waals surface area contributed by atoms with Gasteiger partial charge in [-0.3, -0.25) is 15.5 Å². The summed E-state index contributed by atoms with van der Waals surface area (Å²) in [5, 5.41) is 16.0. The summed E-state index contributed by atoms with van der Waals surface area (Å²) in [7, 11) is -3.80. The Hall–Kier alpha value is -2.98. The van der Waals surface area contributed by atoms with Crippen molar-refractivity contribution in [3.05, 3.63) is 58.1 Å². The van der Waals surface area contributed by atoms with Crippen LogP contribution >= 0.6 is 0 Å². The molecule has 0 atom stereocenters. The van der Waals surface area contributed by atoms with Crippen molar-refractivity contribution in [2.24, 2.45) is 5.10 Å². The maximum Gasteiger partial charge on any atom is 0.295 e. The Morgan fingerprint density at radius 2 is 1.68 bits per heavy atom. The van der Waals surface area contributed by atoms with Gasteiger partial charge in [-0.15, -0.1) is 0 Å². The maximum atomic E-state index is 12.7. The van der Waals surface area contributed by atoms with E-state index in [2.05, 4.69) is 27.6 Å². The number of rotatable bonds is 9. The van der Waals surface area contributed by atoms with Gasteiger partial charge in [-0.2, -0.15) is 9.41 Å². The van der Waals surface area contributed by atoms with Crippen LogP contribution in [0.5, 0.6) is 0 Å². The third-order valence-corrected chi connectivity index (χ3v) is 8.16. The predicted octanol–water partition coefficient (Wildman–Crippen LogP) is 4.84. The molecule has 3 rings (SSSR count). The third kappa shape index (κ3) is 5.92. The van der Waals surface area contributed by atoms with E-state index in [1.54, 1.807) is 13.8 Å². The number of hydrogen-bond acceptors (Lipinski definition) is 7. The topological polar surface area (TPSA) is 108 Å². The molecule has 1 fully saturated rings. The summed E-state index contributed by atoms with van der Waals surface area (Å²) < 4.78 is 26.7. The van der Waals surface area contributed by atoms with Crippen molar-refractivity contribution >= 4 is 32.8 Å². The zero-order valence-electron chi connectivity index (χ0n) is 20.0. The van der Waals surface area contributed by atoms with E-state index in [-0.39, 0.29) is 29.4 Å². The molecule has 0 radical (unpaired) electrons. The molecule has 10 heteroatoms. The minimum Gasteiger partial charge on any atom is -0.372 e. The van der Waals surface area contributed by atoms with Crippen LogP contribution in [-0.2, 0) is 10.0 Å². The molecule has 1 heterocycles. The van der Waals surface area contributed by atoms with Crippen LogP contribution in [0, 0.1) is 10.1 Å². The maximum absolute atomic E-state index is 12.7. The summed E-state index contributed by atoms with van der Waals surface area (Å²) in [6, 6.07) is 12.0. The highest BCUT2D eigenvalue weighted by Crippen LogP contribution is 2.29. The average Bonchev–Trinajstić information content (AvgIpc) is 3.12. The summed E-state index contributed by atoms with van der Waals surface area (Å²) >= 11 is 0. The van der Waals surface area contributed by atoms with Gasteiger partial charge in [0.05, 0.1) is 15.5 Å². The van der Waals surface area contributed by atoms with Gasteiger partial charge < -0.3 is 4.90 Å². The molecule has 1 saturated heterocycles. The van der Waals surface area contributed by atoms with Crippen LogP contribution in [0.1, 0.15) is 52.0 Å². The van der Waals surface area contributed by atoms with Gasteiger partial charge in [-0.05, 0) is 49.6 Å². The number of nitro groups is 1. The Labute approximate surface area is 201 Å². The first-order chi connectivity index (χ1) is 16.3. The van der Waals surface area contributed by atoms with Crippen LogP contribution < -0.4 is 10.3 Å². The fraction of sp³-hybridized carbons (Fsp3) is 0.458. The van der Waals surface area contributed by atoms with Gasteiger partial charge in [0, 0.05) is 37.9 Å². The number of benzene rings is 2. The van der Waals surface area contributed by atoms with Crippen molar-refractivity contribution in [3.8, 4) is 0 Å². The molecule has 2 aromatic carbocycles. The van der Waals surface area contributed by atoms with E-state index >= 15 is 0 Å². The second kappa shape index (κ2) is 11.4. The van der Waals surface area contributed by atoms with Crippen LogP contribution in [0.4, 0.5) is 17.1 Å². The van der Waals surface area contributed by atoms with Crippen molar-refractivity contribution < 1.29 is 13.3 Å². The molecule has 0 spiro atoms. The Morgan fingerprint density at radius 1 is 1.06 bits per heavy atom. The molecule has 2 aromatic rings. The molecule has 1 aliphatic heterocycles. The van der Waals surface area contributed by atoms with E-state index in [9.17, 15) is 18.5 Å².